The second kappa shape index (κ2) is 14.0. The maximum absolute atomic E-state index is 14.2. The van der Waals surface area contributed by atoms with Gasteiger partial charge in [-0.25, -0.2) is 0 Å². The molecule has 0 aliphatic heterocycles. The molecule has 2 N–H and O–H groups in total. The van der Waals surface area contributed by atoms with E-state index in [1.807, 2.05) is 141 Å². The van der Waals surface area contributed by atoms with Crippen molar-refractivity contribution >= 4 is 17.7 Å². The number of esters is 2. The molecule has 57 heavy (non-hydrogen) atoms. The number of fused-ring (bicyclic) bond motifs is 5. The minimum atomic E-state index is -2.02. The fraction of sp³-hybridized carbons (Fsp3) is 0.367. The molecule has 8 nitrogen and oxygen atoms in total. The standard InChI is InChI=1S/C49H50O8/c1-31-26-40-46(53,43(31)52)29-35(30-55-48(36-20-12-7-13-21-36,37-22-14-8-15-23-37)38-24-16-9-17-25-38)27-39-42-45(4,5)49(42,57-33(3)50)44(32(2)47(39,40)54)56-41(51)28-34-18-10-6-11-19-34/h6-27,32,39-40,42,44,53-54H,28-30H2,1-5H3/t32-,39+,40-,42-,44-,46-,47-,49-/m1/s1. The van der Waals surface area contributed by atoms with E-state index in [0.29, 0.717) is 11.1 Å². The molecule has 0 aromatic heterocycles. The number of ketones is 1. The van der Waals surface area contributed by atoms with Gasteiger partial charge in [-0.3, -0.25) is 14.4 Å². The number of Topliss-reactive ketones (excluding diaryl/α,β-unsaturated/α-hetero) is 1. The molecule has 2 fully saturated rings. The summed E-state index contributed by atoms with van der Waals surface area (Å²) >= 11 is 0. The fourth-order valence-electron chi connectivity index (χ4n) is 11.0. The molecule has 294 valence electrons. The maximum atomic E-state index is 14.2. The summed E-state index contributed by atoms with van der Waals surface area (Å²) in [5, 5.41) is 26.2. The minimum absolute atomic E-state index is 0.00972. The first kappa shape index (κ1) is 38.7. The van der Waals surface area contributed by atoms with Gasteiger partial charge < -0.3 is 24.4 Å². The van der Waals surface area contributed by atoms with Crippen LogP contribution in [0.1, 0.15) is 63.3 Å². The summed E-state index contributed by atoms with van der Waals surface area (Å²) in [5.74, 6) is -4.77. The van der Waals surface area contributed by atoms with E-state index in [1.165, 1.54) is 6.92 Å². The Labute approximate surface area is 334 Å². The lowest BCUT2D eigenvalue weighted by Gasteiger charge is -2.53. The van der Waals surface area contributed by atoms with Gasteiger partial charge in [-0.05, 0) is 40.3 Å². The van der Waals surface area contributed by atoms with Crippen molar-refractivity contribution in [1.29, 1.82) is 0 Å². The van der Waals surface area contributed by atoms with Gasteiger partial charge in [-0.2, -0.15) is 0 Å². The van der Waals surface area contributed by atoms with E-state index in [1.54, 1.807) is 19.9 Å². The Kier molecular flexibility index (Phi) is 9.54. The van der Waals surface area contributed by atoms with Crippen LogP contribution in [0.2, 0.25) is 0 Å². The molecule has 4 aliphatic carbocycles. The van der Waals surface area contributed by atoms with Crippen molar-refractivity contribution in [3.63, 3.8) is 0 Å². The molecule has 4 aliphatic rings. The third-order valence-electron chi connectivity index (χ3n) is 13.5. The maximum Gasteiger partial charge on any atom is 0.310 e. The first-order chi connectivity index (χ1) is 27.2. The van der Waals surface area contributed by atoms with Crippen LogP contribution in [0.5, 0.6) is 0 Å². The molecule has 4 aromatic carbocycles. The van der Waals surface area contributed by atoms with Crippen molar-refractivity contribution in [2.24, 2.45) is 29.1 Å². The predicted octanol–water partition coefficient (Wildman–Crippen LogP) is 7.31. The largest absolute Gasteiger partial charge is 0.457 e. The highest BCUT2D eigenvalue weighted by atomic mass is 16.6. The highest BCUT2D eigenvalue weighted by Crippen LogP contribution is 2.77. The van der Waals surface area contributed by atoms with Crippen molar-refractivity contribution in [3.05, 3.63) is 167 Å². The molecular formula is C49H50O8. The van der Waals surface area contributed by atoms with Crippen molar-refractivity contribution in [2.75, 3.05) is 6.61 Å². The SMILES string of the molecule is CC(=O)O[C@@]12[C@H](OC(=O)Cc3ccccc3)[C@@H](C)[C@@]3(O)[C@@H](C=C(COC(c4ccccc4)(c4ccccc4)c4ccccc4)C[C@]4(O)C(=O)C(C)=C[C@@H]34)[C@@H]1C2(C)C. The van der Waals surface area contributed by atoms with Gasteiger partial charge in [0, 0.05) is 42.4 Å². The number of rotatable bonds is 10. The van der Waals surface area contributed by atoms with E-state index in [0.717, 1.165) is 22.3 Å². The van der Waals surface area contributed by atoms with Crippen LogP contribution in [0, 0.1) is 29.1 Å². The molecule has 8 heteroatoms. The summed E-state index contributed by atoms with van der Waals surface area (Å²) in [7, 11) is 0. The number of hydrogen-bond acceptors (Lipinski definition) is 8. The summed E-state index contributed by atoms with van der Waals surface area (Å²) in [6, 6.07) is 39.1. The lowest BCUT2D eigenvalue weighted by atomic mass is 9.59. The Morgan fingerprint density at radius 1 is 0.789 bits per heavy atom. The van der Waals surface area contributed by atoms with Crippen molar-refractivity contribution in [1.82, 2.24) is 0 Å². The predicted molar refractivity (Wildman–Crippen MR) is 214 cm³/mol. The molecule has 0 saturated heterocycles. The average molecular weight is 767 g/mol. The number of carbonyl (C=O) groups is 3. The lowest BCUT2D eigenvalue weighted by Crippen LogP contribution is -2.66. The molecule has 2 saturated carbocycles. The Morgan fingerprint density at radius 3 is 1.81 bits per heavy atom. The third kappa shape index (κ3) is 5.86. The number of carbonyl (C=O) groups excluding carboxylic acids is 3. The van der Waals surface area contributed by atoms with Gasteiger partial charge in [0.1, 0.15) is 17.3 Å². The second-order valence-electron chi connectivity index (χ2n) is 17.0. The normalized spacial score (nSPS) is 31.1. The zero-order chi connectivity index (χ0) is 40.4. The van der Waals surface area contributed by atoms with Crippen LogP contribution in [-0.2, 0) is 40.6 Å². The number of ether oxygens (including phenoxy) is 3. The molecular weight excluding hydrogens is 717 g/mol. The first-order valence-electron chi connectivity index (χ1n) is 19.8. The molecule has 0 heterocycles. The van der Waals surface area contributed by atoms with Crippen molar-refractivity contribution < 1.29 is 38.8 Å². The van der Waals surface area contributed by atoms with Crippen molar-refractivity contribution in [3.8, 4) is 0 Å². The molecule has 4 aromatic rings. The molecule has 0 amide bonds. The molecule has 0 spiro atoms. The van der Waals surface area contributed by atoms with E-state index in [4.69, 9.17) is 14.2 Å². The van der Waals surface area contributed by atoms with E-state index in [-0.39, 0.29) is 19.4 Å². The summed E-state index contributed by atoms with van der Waals surface area (Å²) in [4.78, 5) is 41.0. The van der Waals surface area contributed by atoms with Crippen LogP contribution in [0.4, 0.5) is 0 Å². The minimum Gasteiger partial charge on any atom is -0.457 e. The topological polar surface area (TPSA) is 119 Å². The Balaban J connectivity index is 1.26. The summed E-state index contributed by atoms with van der Waals surface area (Å²) in [5.41, 5.74) is -2.60. The molecule has 0 radical (unpaired) electrons. The Morgan fingerprint density at radius 2 is 1.30 bits per heavy atom. The first-order valence-corrected chi connectivity index (χ1v) is 19.8. The lowest BCUT2D eigenvalue weighted by molar-refractivity contribution is -0.228. The third-order valence-corrected chi connectivity index (χ3v) is 13.5. The van der Waals surface area contributed by atoms with E-state index >= 15 is 0 Å². The smallest absolute Gasteiger partial charge is 0.310 e. The summed E-state index contributed by atoms with van der Waals surface area (Å²) in [6.45, 7) is 8.69. The van der Waals surface area contributed by atoms with Gasteiger partial charge in [0.15, 0.2) is 11.4 Å². The second-order valence-corrected chi connectivity index (χ2v) is 17.0. The highest BCUT2D eigenvalue weighted by molar-refractivity contribution is 6.04. The monoisotopic (exact) mass is 766 g/mol. The van der Waals surface area contributed by atoms with E-state index in [9.17, 15) is 24.6 Å². The zero-order valence-corrected chi connectivity index (χ0v) is 33.1. The van der Waals surface area contributed by atoms with Crippen LogP contribution < -0.4 is 0 Å². The van der Waals surface area contributed by atoms with Crippen LogP contribution >= 0.6 is 0 Å². The van der Waals surface area contributed by atoms with Gasteiger partial charge in [0.05, 0.1) is 18.6 Å². The molecule has 0 bridgehead atoms. The average Bonchev–Trinajstić information content (AvgIpc) is 3.63. The summed E-state index contributed by atoms with van der Waals surface area (Å²) in [6.07, 6.45) is 2.43. The van der Waals surface area contributed by atoms with Gasteiger partial charge in [-0.1, -0.05) is 154 Å². The van der Waals surface area contributed by atoms with Crippen LogP contribution in [0.25, 0.3) is 0 Å². The zero-order valence-electron chi connectivity index (χ0n) is 33.1. The highest BCUT2D eigenvalue weighted by Gasteiger charge is 2.87. The Hall–Kier alpha value is -5.15. The van der Waals surface area contributed by atoms with Crippen LogP contribution in [0.15, 0.2) is 145 Å². The molecule has 8 atom stereocenters. The van der Waals surface area contributed by atoms with Gasteiger partial charge in [0.25, 0.3) is 0 Å². The van der Waals surface area contributed by atoms with Gasteiger partial charge >= 0.3 is 11.9 Å². The van der Waals surface area contributed by atoms with Crippen LogP contribution in [-0.4, -0.2) is 57.4 Å². The molecule has 8 rings (SSSR count). The fourth-order valence-corrected chi connectivity index (χ4v) is 11.0. The summed E-state index contributed by atoms with van der Waals surface area (Å²) < 4.78 is 19.9. The van der Waals surface area contributed by atoms with Crippen molar-refractivity contribution in [2.45, 2.75) is 76.0 Å². The Bertz CT molecular complexity index is 2140. The molecule has 0 unspecified atom stereocenters. The quantitative estimate of drug-likeness (QED) is 0.0981. The number of hydrogen-bond donors (Lipinski definition) is 2. The number of aliphatic hydroxyl groups is 2. The number of benzene rings is 4. The van der Waals surface area contributed by atoms with Gasteiger partial charge in [-0.15, -0.1) is 0 Å². The van der Waals surface area contributed by atoms with Crippen LogP contribution in [0.3, 0.4) is 0 Å². The van der Waals surface area contributed by atoms with E-state index in [2.05, 4.69) is 0 Å². The van der Waals surface area contributed by atoms with E-state index < -0.39 is 75.3 Å². The van der Waals surface area contributed by atoms with Gasteiger partial charge in [0.2, 0.25) is 0 Å².